The summed E-state index contributed by atoms with van der Waals surface area (Å²) in [4.78, 5) is 8.23. The molecular weight excluding hydrogens is 292 g/mol. The maximum absolute atomic E-state index is 4.27. The topological polar surface area (TPSA) is 39.7 Å². The number of nitrogens with zero attached hydrogens (tertiary/aromatic N) is 2. The Morgan fingerprint density at radius 2 is 2.05 bits per heavy atom. The predicted octanol–water partition coefficient (Wildman–Crippen LogP) is 3.07. The Morgan fingerprint density at radius 1 is 1.18 bits per heavy atom. The molecule has 0 aliphatic carbocycles. The third-order valence-corrected chi connectivity index (χ3v) is 5.00. The fraction of sp³-hybridized carbons (Fsp3) is 0.706. The molecule has 0 radical (unpaired) electrons. The Bertz CT molecular complexity index is 410. The summed E-state index contributed by atoms with van der Waals surface area (Å²) >= 11 is 1.77. The third kappa shape index (κ3) is 6.79. The molecule has 0 saturated carbocycles. The minimum atomic E-state index is 0.853. The first-order valence-electron chi connectivity index (χ1n) is 8.58. The molecule has 2 rings (SSSR count). The molecule has 0 amide bonds. The van der Waals surface area contributed by atoms with Gasteiger partial charge in [0.05, 0.1) is 6.54 Å². The molecular formula is C17H30N4S. The molecule has 1 aromatic heterocycles. The molecule has 0 unspecified atom stereocenters. The van der Waals surface area contributed by atoms with E-state index in [9.17, 15) is 0 Å². The molecule has 0 spiro atoms. The molecule has 124 valence electrons. The molecule has 1 aliphatic heterocycles. The van der Waals surface area contributed by atoms with Crippen molar-refractivity contribution in [1.82, 2.24) is 15.5 Å². The number of likely N-dealkylation sites (tertiary alicyclic amines) is 1. The van der Waals surface area contributed by atoms with Gasteiger partial charge in [0.2, 0.25) is 0 Å². The monoisotopic (exact) mass is 322 g/mol. The van der Waals surface area contributed by atoms with Gasteiger partial charge in [-0.25, -0.2) is 0 Å². The van der Waals surface area contributed by atoms with Crippen molar-refractivity contribution in [3.63, 3.8) is 0 Å². The van der Waals surface area contributed by atoms with E-state index in [1.807, 2.05) is 7.05 Å². The number of guanidine groups is 1. The minimum Gasteiger partial charge on any atom is -0.356 e. The summed E-state index contributed by atoms with van der Waals surface area (Å²) in [6.07, 6.45) is 8.06. The number of thiophene rings is 1. The number of hydrogen-bond donors (Lipinski definition) is 2. The van der Waals surface area contributed by atoms with Crippen LogP contribution in [0.1, 0.15) is 43.4 Å². The lowest BCUT2D eigenvalue weighted by molar-refractivity contribution is 0.224. The Hall–Kier alpha value is -1.07. The van der Waals surface area contributed by atoms with E-state index in [2.05, 4.69) is 38.0 Å². The zero-order chi connectivity index (χ0) is 15.5. The summed E-state index contributed by atoms with van der Waals surface area (Å²) in [5.41, 5.74) is 0. The van der Waals surface area contributed by atoms with Crippen molar-refractivity contribution in [3.05, 3.63) is 22.4 Å². The van der Waals surface area contributed by atoms with E-state index < -0.39 is 0 Å². The molecule has 0 atom stereocenters. The number of unbranched alkanes of at least 4 members (excludes halogenated alkanes) is 2. The molecule has 1 aromatic rings. The van der Waals surface area contributed by atoms with Crippen molar-refractivity contribution in [2.45, 2.75) is 45.1 Å². The maximum Gasteiger partial charge on any atom is 0.191 e. The maximum atomic E-state index is 4.27. The smallest absolute Gasteiger partial charge is 0.191 e. The van der Waals surface area contributed by atoms with Crippen molar-refractivity contribution in [2.75, 3.05) is 33.2 Å². The van der Waals surface area contributed by atoms with Gasteiger partial charge in [-0.05, 0) is 56.8 Å². The first-order valence-corrected chi connectivity index (χ1v) is 9.45. The van der Waals surface area contributed by atoms with Gasteiger partial charge in [-0.3, -0.25) is 4.99 Å². The van der Waals surface area contributed by atoms with Gasteiger partial charge in [-0.15, -0.1) is 11.3 Å². The predicted molar refractivity (Wildman–Crippen MR) is 96.7 cm³/mol. The lowest BCUT2D eigenvalue weighted by Crippen LogP contribution is -2.37. The van der Waals surface area contributed by atoms with Gasteiger partial charge in [0.25, 0.3) is 0 Å². The summed E-state index contributed by atoms with van der Waals surface area (Å²) in [6.45, 7) is 5.77. The highest BCUT2D eigenvalue weighted by atomic mass is 32.1. The molecule has 0 aromatic carbocycles. The second-order valence-corrected chi connectivity index (χ2v) is 6.93. The SMILES string of the molecule is CN=C(NCCCCCN1CCCCC1)NCc1cccs1. The first kappa shape index (κ1) is 17.3. The van der Waals surface area contributed by atoms with Crippen LogP contribution in [-0.4, -0.2) is 44.1 Å². The summed E-state index contributed by atoms with van der Waals surface area (Å²) < 4.78 is 0. The van der Waals surface area contributed by atoms with Crippen molar-refractivity contribution in [1.29, 1.82) is 0 Å². The highest BCUT2D eigenvalue weighted by Gasteiger charge is 2.08. The lowest BCUT2D eigenvalue weighted by Gasteiger charge is -2.26. The van der Waals surface area contributed by atoms with Crippen LogP contribution in [-0.2, 0) is 6.54 Å². The normalized spacial score (nSPS) is 16.7. The zero-order valence-corrected chi connectivity index (χ0v) is 14.6. The van der Waals surface area contributed by atoms with Gasteiger partial charge in [0, 0.05) is 18.5 Å². The average Bonchev–Trinajstić information content (AvgIpc) is 3.08. The minimum absolute atomic E-state index is 0.853. The molecule has 1 aliphatic rings. The average molecular weight is 323 g/mol. The highest BCUT2D eigenvalue weighted by Crippen LogP contribution is 2.10. The van der Waals surface area contributed by atoms with Crippen molar-refractivity contribution in [2.24, 2.45) is 4.99 Å². The van der Waals surface area contributed by atoms with Crippen molar-refractivity contribution < 1.29 is 0 Å². The van der Waals surface area contributed by atoms with E-state index in [1.54, 1.807) is 11.3 Å². The van der Waals surface area contributed by atoms with Crippen molar-refractivity contribution >= 4 is 17.3 Å². The molecule has 2 heterocycles. The summed E-state index contributed by atoms with van der Waals surface area (Å²) in [5.74, 6) is 0.907. The fourth-order valence-electron chi connectivity index (χ4n) is 2.83. The quantitative estimate of drug-likeness (QED) is 0.439. The molecule has 1 saturated heterocycles. The van der Waals surface area contributed by atoms with Gasteiger partial charge in [-0.2, -0.15) is 0 Å². The Kier molecular flexibility index (Phi) is 8.35. The number of aliphatic imine (C=N–C) groups is 1. The Labute approximate surface area is 139 Å². The zero-order valence-electron chi connectivity index (χ0n) is 13.8. The van der Waals surface area contributed by atoms with Gasteiger partial charge >= 0.3 is 0 Å². The highest BCUT2D eigenvalue weighted by molar-refractivity contribution is 7.09. The van der Waals surface area contributed by atoms with Gasteiger partial charge in [0.15, 0.2) is 5.96 Å². The second kappa shape index (κ2) is 10.6. The van der Waals surface area contributed by atoms with Crippen LogP contribution in [0.3, 0.4) is 0 Å². The fourth-order valence-corrected chi connectivity index (χ4v) is 3.48. The standard InChI is InChI=1S/C17H30N4S/c1-18-17(20-15-16-9-8-14-22-16)19-10-4-2-5-11-21-12-6-3-7-13-21/h8-9,14H,2-7,10-13,15H2,1H3,(H2,18,19,20). The lowest BCUT2D eigenvalue weighted by atomic mass is 10.1. The molecule has 4 nitrogen and oxygen atoms in total. The Morgan fingerprint density at radius 3 is 2.77 bits per heavy atom. The van der Waals surface area contributed by atoms with Gasteiger partial charge < -0.3 is 15.5 Å². The van der Waals surface area contributed by atoms with Crippen LogP contribution in [0.15, 0.2) is 22.5 Å². The van der Waals surface area contributed by atoms with Gasteiger partial charge in [-0.1, -0.05) is 18.9 Å². The van der Waals surface area contributed by atoms with E-state index in [4.69, 9.17) is 0 Å². The second-order valence-electron chi connectivity index (χ2n) is 5.89. The van der Waals surface area contributed by atoms with Crippen molar-refractivity contribution in [3.8, 4) is 0 Å². The van der Waals surface area contributed by atoms with E-state index in [0.29, 0.717) is 0 Å². The van der Waals surface area contributed by atoms with Crippen LogP contribution in [0.4, 0.5) is 0 Å². The third-order valence-electron chi connectivity index (χ3n) is 4.13. The van der Waals surface area contributed by atoms with Crippen LogP contribution in [0.2, 0.25) is 0 Å². The summed E-state index contributed by atoms with van der Waals surface area (Å²) in [5, 5.41) is 8.86. The number of piperidine rings is 1. The van der Waals surface area contributed by atoms with E-state index in [1.165, 1.54) is 63.0 Å². The van der Waals surface area contributed by atoms with Gasteiger partial charge in [0.1, 0.15) is 0 Å². The Balaban J connectivity index is 1.47. The molecule has 22 heavy (non-hydrogen) atoms. The molecule has 1 fully saturated rings. The number of rotatable bonds is 8. The molecule has 5 heteroatoms. The van der Waals surface area contributed by atoms with Crippen LogP contribution in [0.25, 0.3) is 0 Å². The summed E-state index contributed by atoms with van der Waals surface area (Å²) in [6, 6.07) is 4.23. The molecule has 0 bridgehead atoms. The number of hydrogen-bond acceptors (Lipinski definition) is 3. The first-order chi connectivity index (χ1) is 10.9. The number of nitrogens with one attached hydrogen (secondary N) is 2. The van der Waals surface area contributed by atoms with Crippen LogP contribution < -0.4 is 10.6 Å². The molecule has 2 N–H and O–H groups in total. The largest absolute Gasteiger partial charge is 0.356 e. The van der Waals surface area contributed by atoms with E-state index >= 15 is 0 Å². The van der Waals surface area contributed by atoms with E-state index in [-0.39, 0.29) is 0 Å². The van der Waals surface area contributed by atoms with Crippen LogP contribution >= 0.6 is 11.3 Å². The van der Waals surface area contributed by atoms with E-state index in [0.717, 1.165) is 19.0 Å². The summed E-state index contributed by atoms with van der Waals surface area (Å²) in [7, 11) is 1.83. The van der Waals surface area contributed by atoms with Crippen LogP contribution in [0.5, 0.6) is 0 Å². The van der Waals surface area contributed by atoms with Crippen LogP contribution in [0, 0.1) is 0 Å².